The topological polar surface area (TPSA) is 91.0 Å². The number of aryl methyl sites for hydroxylation is 1. The Morgan fingerprint density at radius 2 is 1.83 bits per heavy atom. The van der Waals surface area contributed by atoms with E-state index in [0.717, 1.165) is 22.5 Å². The Balaban J connectivity index is 1.70. The molecule has 0 saturated carbocycles. The minimum absolute atomic E-state index is 0.188. The molecule has 0 atom stereocenters. The fraction of sp³-hybridized carbons (Fsp3) is 0.333. The number of aromatic nitrogens is 4. The van der Waals surface area contributed by atoms with Gasteiger partial charge in [0.25, 0.3) is 11.5 Å². The number of methoxy groups -OCH3 is 1. The molecule has 0 spiro atoms. The van der Waals surface area contributed by atoms with E-state index in [4.69, 9.17) is 4.74 Å². The highest BCUT2D eigenvalue weighted by Crippen LogP contribution is 2.15. The van der Waals surface area contributed by atoms with Crippen molar-refractivity contribution in [2.75, 3.05) is 13.7 Å². The van der Waals surface area contributed by atoms with Crippen molar-refractivity contribution in [3.63, 3.8) is 0 Å². The van der Waals surface area contributed by atoms with Crippen molar-refractivity contribution in [3.05, 3.63) is 81.0 Å². The first kappa shape index (κ1) is 20.5. The van der Waals surface area contributed by atoms with Crippen molar-refractivity contribution in [2.45, 2.75) is 33.5 Å². The van der Waals surface area contributed by atoms with E-state index >= 15 is 0 Å². The van der Waals surface area contributed by atoms with Crippen LogP contribution in [0.5, 0.6) is 0 Å². The van der Waals surface area contributed by atoms with Gasteiger partial charge in [-0.15, -0.1) is 0 Å². The molecule has 8 heteroatoms. The van der Waals surface area contributed by atoms with E-state index in [2.05, 4.69) is 27.6 Å². The molecule has 0 aliphatic carbocycles. The average molecular weight is 395 g/mol. The molecule has 0 saturated heterocycles. The maximum atomic E-state index is 12.5. The number of hydrogen-bond donors (Lipinski definition) is 1. The van der Waals surface area contributed by atoms with Gasteiger partial charge >= 0.3 is 0 Å². The van der Waals surface area contributed by atoms with Crippen LogP contribution < -0.4 is 10.9 Å². The van der Waals surface area contributed by atoms with Crippen LogP contribution >= 0.6 is 0 Å². The van der Waals surface area contributed by atoms with Crippen molar-refractivity contribution in [2.24, 2.45) is 0 Å². The molecule has 3 rings (SSSR count). The van der Waals surface area contributed by atoms with Gasteiger partial charge in [-0.25, -0.2) is 4.68 Å². The number of hydrogen-bond acceptors (Lipinski definition) is 5. The third-order valence-electron chi connectivity index (χ3n) is 4.74. The lowest BCUT2D eigenvalue weighted by Crippen LogP contribution is -2.30. The standard InChI is InChI=1S/C21H25N5O3/c1-15-18(16(2)26(23-15)14-17-7-5-4-6-8-17)13-22-21(28)19-9-10-20(27)25(24-19)11-12-29-3/h4-10H,11-14H2,1-3H3,(H,22,28). The van der Waals surface area contributed by atoms with Crippen LogP contribution in [0.15, 0.2) is 47.3 Å². The summed E-state index contributed by atoms with van der Waals surface area (Å²) in [5.74, 6) is -0.342. The maximum Gasteiger partial charge on any atom is 0.271 e. The number of carbonyl (C=O) groups is 1. The summed E-state index contributed by atoms with van der Waals surface area (Å²) in [5.41, 5.74) is 3.93. The van der Waals surface area contributed by atoms with E-state index in [1.54, 1.807) is 7.11 Å². The molecule has 0 aliphatic heterocycles. The Morgan fingerprint density at radius 3 is 2.55 bits per heavy atom. The van der Waals surface area contributed by atoms with Gasteiger partial charge in [-0.1, -0.05) is 30.3 Å². The maximum absolute atomic E-state index is 12.5. The molecule has 29 heavy (non-hydrogen) atoms. The second-order valence-corrected chi connectivity index (χ2v) is 6.75. The molecule has 3 aromatic rings. The highest BCUT2D eigenvalue weighted by Gasteiger charge is 2.15. The summed E-state index contributed by atoms with van der Waals surface area (Å²) in [4.78, 5) is 24.4. The molecule has 0 bridgehead atoms. The second kappa shape index (κ2) is 9.29. The van der Waals surface area contributed by atoms with Crippen LogP contribution in [0.3, 0.4) is 0 Å². The van der Waals surface area contributed by atoms with Gasteiger partial charge in [0.15, 0.2) is 0 Å². The quantitative estimate of drug-likeness (QED) is 0.627. The van der Waals surface area contributed by atoms with E-state index in [1.165, 1.54) is 16.8 Å². The number of carbonyl (C=O) groups excluding carboxylic acids is 1. The SMILES string of the molecule is COCCn1nc(C(=O)NCc2c(C)nn(Cc3ccccc3)c2C)ccc1=O. The Hall–Kier alpha value is -3.26. The minimum atomic E-state index is -0.342. The van der Waals surface area contributed by atoms with Gasteiger partial charge in [-0.05, 0) is 25.5 Å². The minimum Gasteiger partial charge on any atom is -0.383 e. The number of ether oxygens (including phenoxy) is 1. The Labute approximate surface area is 169 Å². The largest absolute Gasteiger partial charge is 0.383 e. The summed E-state index contributed by atoms with van der Waals surface area (Å²) in [7, 11) is 1.55. The van der Waals surface area contributed by atoms with Crippen LogP contribution in [0.1, 0.15) is 33.0 Å². The van der Waals surface area contributed by atoms with Gasteiger partial charge in [0.05, 0.1) is 25.4 Å². The fourth-order valence-electron chi connectivity index (χ4n) is 3.07. The predicted octanol–water partition coefficient (Wildman–Crippen LogP) is 1.68. The zero-order valence-corrected chi connectivity index (χ0v) is 16.9. The van der Waals surface area contributed by atoms with Gasteiger partial charge in [0.1, 0.15) is 5.69 Å². The highest BCUT2D eigenvalue weighted by molar-refractivity contribution is 5.91. The van der Waals surface area contributed by atoms with Gasteiger partial charge in [0, 0.05) is 31.0 Å². The molecule has 2 aromatic heterocycles. The molecule has 0 radical (unpaired) electrons. The second-order valence-electron chi connectivity index (χ2n) is 6.75. The van der Waals surface area contributed by atoms with Crippen molar-refractivity contribution < 1.29 is 9.53 Å². The zero-order chi connectivity index (χ0) is 20.8. The van der Waals surface area contributed by atoms with E-state index in [9.17, 15) is 9.59 Å². The fourth-order valence-corrected chi connectivity index (χ4v) is 3.07. The average Bonchev–Trinajstić information content (AvgIpc) is 2.99. The third kappa shape index (κ3) is 4.97. The van der Waals surface area contributed by atoms with E-state index in [-0.39, 0.29) is 17.2 Å². The Morgan fingerprint density at radius 1 is 1.07 bits per heavy atom. The summed E-state index contributed by atoms with van der Waals surface area (Å²) in [6, 6.07) is 12.9. The van der Waals surface area contributed by atoms with Crippen LogP contribution in [0.2, 0.25) is 0 Å². The number of benzene rings is 1. The highest BCUT2D eigenvalue weighted by atomic mass is 16.5. The van der Waals surface area contributed by atoms with E-state index < -0.39 is 0 Å². The molecule has 0 aliphatic rings. The smallest absolute Gasteiger partial charge is 0.271 e. The molecule has 152 valence electrons. The molecular formula is C21H25N5O3. The van der Waals surface area contributed by atoms with Crippen molar-refractivity contribution >= 4 is 5.91 Å². The first-order valence-corrected chi connectivity index (χ1v) is 9.41. The van der Waals surface area contributed by atoms with E-state index in [1.807, 2.05) is 36.7 Å². The van der Waals surface area contributed by atoms with E-state index in [0.29, 0.717) is 26.2 Å². The Kier molecular flexibility index (Phi) is 6.56. The lowest BCUT2D eigenvalue weighted by Gasteiger charge is -2.09. The van der Waals surface area contributed by atoms with Gasteiger partial charge in [0.2, 0.25) is 0 Å². The molecule has 8 nitrogen and oxygen atoms in total. The molecule has 0 unspecified atom stereocenters. The lowest BCUT2D eigenvalue weighted by molar-refractivity contribution is 0.0942. The summed E-state index contributed by atoms with van der Waals surface area (Å²) in [6.07, 6.45) is 0. The summed E-state index contributed by atoms with van der Waals surface area (Å²) < 4.78 is 8.14. The molecule has 1 aromatic carbocycles. The van der Waals surface area contributed by atoms with Crippen LogP contribution in [-0.4, -0.2) is 39.2 Å². The van der Waals surface area contributed by atoms with Crippen LogP contribution in [-0.2, 0) is 24.4 Å². The van der Waals surface area contributed by atoms with Crippen LogP contribution in [0.4, 0.5) is 0 Å². The monoisotopic (exact) mass is 395 g/mol. The van der Waals surface area contributed by atoms with Crippen LogP contribution in [0, 0.1) is 13.8 Å². The molecule has 1 amide bonds. The van der Waals surface area contributed by atoms with Crippen molar-refractivity contribution in [3.8, 4) is 0 Å². The number of nitrogens with one attached hydrogen (secondary N) is 1. The van der Waals surface area contributed by atoms with Gasteiger partial charge < -0.3 is 10.1 Å². The number of nitrogens with zero attached hydrogens (tertiary/aromatic N) is 4. The summed E-state index contributed by atoms with van der Waals surface area (Å²) in [5, 5.41) is 11.6. The molecule has 2 heterocycles. The van der Waals surface area contributed by atoms with Gasteiger partial charge in [-0.2, -0.15) is 10.2 Å². The lowest BCUT2D eigenvalue weighted by atomic mass is 10.2. The molecule has 0 fully saturated rings. The van der Waals surface area contributed by atoms with Gasteiger partial charge in [-0.3, -0.25) is 14.3 Å². The summed E-state index contributed by atoms with van der Waals surface area (Å²) in [6.45, 7) is 5.57. The number of rotatable bonds is 8. The normalized spacial score (nSPS) is 10.9. The first-order chi connectivity index (χ1) is 14.0. The molecule has 1 N–H and O–H groups in total. The Bertz CT molecular complexity index is 1040. The molecular weight excluding hydrogens is 370 g/mol. The van der Waals surface area contributed by atoms with Crippen LogP contribution in [0.25, 0.3) is 0 Å². The summed E-state index contributed by atoms with van der Waals surface area (Å²) >= 11 is 0. The third-order valence-corrected chi connectivity index (χ3v) is 4.74. The first-order valence-electron chi connectivity index (χ1n) is 9.41. The zero-order valence-electron chi connectivity index (χ0n) is 16.9. The number of amides is 1. The van der Waals surface area contributed by atoms with Crippen molar-refractivity contribution in [1.82, 2.24) is 24.9 Å². The predicted molar refractivity (Wildman–Crippen MR) is 109 cm³/mol. The van der Waals surface area contributed by atoms with Crippen molar-refractivity contribution in [1.29, 1.82) is 0 Å².